The summed E-state index contributed by atoms with van der Waals surface area (Å²) in [5.74, 6) is 2.58. The van der Waals surface area contributed by atoms with Crippen molar-refractivity contribution in [3.05, 3.63) is 35.4 Å². The summed E-state index contributed by atoms with van der Waals surface area (Å²) in [5.41, 5.74) is 1.42. The second-order valence-electron chi connectivity index (χ2n) is 6.14. The second-order valence-corrected chi connectivity index (χ2v) is 6.14. The lowest BCUT2D eigenvalue weighted by atomic mass is 10.1. The molecule has 22 heavy (non-hydrogen) atoms. The minimum atomic E-state index is -0.525. The number of aliphatic hydroxyl groups excluding tert-OH is 1. The fraction of sp³-hybridized carbons (Fsp3) is 0.500. The van der Waals surface area contributed by atoms with Gasteiger partial charge in [-0.15, -0.1) is 6.42 Å². The first kappa shape index (κ1) is 18.1. The molecule has 0 atom stereocenters. The summed E-state index contributed by atoms with van der Waals surface area (Å²) in [7, 11) is 0. The van der Waals surface area contributed by atoms with Gasteiger partial charge >= 0.3 is 6.09 Å². The first-order chi connectivity index (χ1) is 10.4. The predicted molar refractivity (Wildman–Crippen MR) is 87.6 cm³/mol. The molecular formula is C18H25NO3. The molecule has 4 nitrogen and oxygen atoms in total. The lowest BCUT2D eigenvalue weighted by Crippen LogP contribution is -2.38. The van der Waals surface area contributed by atoms with Crippen LogP contribution in [0.1, 0.15) is 38.3 Å². The standard InChI is InChI=1S/C18H25NO3/c1-5-15-7-9-16(10-8-15)11-13-19(12-6-14-20)17(21)22-18(2,3)4/h1,7-10,20H,6,11-14H2,2-4H3. The Balaban J connectivity index is 2.63. The number of carbonyl (C=O) groups excluding carboxylic acids is 1. The van der Waals surface area contributed by atoms with E-state index < -0.39 is 5.60 Å². The van der Waals surface area contributed by atoms with Crippen LogP contribution >= 0.6 is 0 Å². The van der Waals surface area contributed by atoms with Gasteiger partial charge in [0, 0.05) is 25.3 Å². The van der Waals surface area contributed by atoms with Gasteiger partial charge in [0.05, 0.1) is 0 Å². The smallest absolute Gasteiger partial charge is 0.410 e. The first-order valence-electron chi connectivity index (χ1n) is 7.50. The molecule has 0 aromatic heterocycles. The number of rotatable bonds is 6. The molecule has 0 aliphatic heterocycles. The summed E-state index contributed by atoms with van der Waals surface area (Å²) in [6.07, 6.45) is 6.24. The van der Waals surface area contributed by atoms with Crippen molar-refractivity contribution in [1.29, 1.82) is 0 Å². The molecule has 0 spiro atoms. The normalized spacial score (nSPS) is 10.9. The minimum Gasteiger partial charge on any atom is -0.444 e. The van der Waals surface area contributed by atoms with Crippen LogP contribution < -0.4 is 0 Å². The van der Waals surface area contributed by atoms with Gasteiger partial charge in [-0.25, -0.2) is 4.79 Å². The van der Waals surface area contributed by atoms with E-state index in [-0.39, 0.29) is 12.7 Å². The molecule has 0 heterocycles. The lowest BCUT2D eigenvalue weighted by molar-refractivity contribution is 0.0243. The van der Waals surface area contributed by atoms with E-state index in [0.29, 0.717) is 19.5 Å². The third-order valence-corrected chi connectivity index (χ3v) is 3.03. The van der Waals surface area contributed by atoms with Crippen molar-refractivity contribution >= 4 is 6.09 Å². The van der Waals surface area contributed by atoms with Crippen molar-refractivity contribution in [3.8, 4) is 12.3 Å². The van der Waals surface area contributed by atoms with Crippen molar-refractivity contribution in [2.75, 3.05) is 19.7 Å². The summed E-state index contributed by atoms with van der Waals surface area (Å²) in [4.78, 5) is 13.8. The van der Waals surface area contributed by atoms with Crippen LogP contribution in [0.2, 0.25) is 0 Å². The molecule has 1 N–H and O–H groups in total. The third kappa shape index (κ3) is 6.64. The lowest BCUT2D eigenvalue weighted by Gasteiger charge is -2.27. The molecule has 0 aliphatic carbocycles. The average Bonchev–Trinajstić information content (AvgIpc) is 2.46. The fourth-order valence-corrected chi connectivity index (χ4v) is 1.91. The molecule has 0 radical (unpaired) electrons. The maximum absolute atomic E-state index is 12.2. The number of ether oxygens (including phenoxy) is 1. The number of carbonyl (C=O) groups is 1. The highest BCUT2D eigenvalue weighted by molar-refractivity contribution is 5.68. The van der Waals surface area contributed by atoms with Gasteiger partial charge in [0.15, 0.2) is 0 Å². The van der Waals surface area contributed by atoms with Crippen LogP contribution in [0.4, 0.5) is 4.79 Å². The van der Waals surface area contributed by atoms with Crippen LogP contribution in [0.25, 0.3) is 0 Å². The number of terminal acetylenes is 1. The van der Waals surface area contributed by atoms with Crippen molar-refractivity contribution in [2.45, 2.75) is 39.2 Å². The monoisotopic (exact) mass is 303 g/mol. The van der Waals surface area contributed by atoms with Crippen molar-refractivity contribution in [3.63, 3.8) is 0 Å². The molecule has 0 unspecified atom stereocenters. The Morgan fingerprint density at radius 1 is 1.27 bits per heavy atom. The van der Waals surface area contributed by atoms with Crippen LogP contribution in [0.15, 0.2) is 24.3 Å². The molecule has 120 valence electrons. The molecular weight excluding hydrogens is 278 g/mol. The molecule has 1 aromatic rings. The van der Waals surface area contributed by atoms with E-state index in [2.05, 4.69) is 5.92 Å². The molecule has 0 aliphatic rings. The summed E-state index contributed by atoms with van der Waals surface area (Å²) in [6.45, 7) is 6.60. The summed E-state index contributed by atoms with van der Waals surface area (Å²) < 4.78 is 5.40. The second kappa shape index (κ2) is 8.45. The summed E-state index contributed by atoms with van der Waals surface area (Å²) in [5, 5.41) is 8.97. The molecule has 0 saturated carbocycles. The Kier molecular flexibility index (Phi) is 6.94. The Morgan fingerprint density at radius 3 is 2.41 bits per heavy atom. The SMILES string of the molecule is C#Cc1ccc(CCN(CCCO)C(=O)OC(C)(C)C)cc1. The number of nitrogens with zero attached hydrogens (tertiary/aromatic N) is 1. The van der Waals surface area contributed by atoms with Crippen molar-refractivity contribution in [1.82, 2.24) is 4.90 Å². The van der Waals surface area contributed by atoms with E-state index in [4.69, 9.17) is 16.3 Å². The highest BCUT2D eigenvalue weighted by atomic mass is 16.6. The Labute approximate surface area is 133 Å². The van der Waals surface area contributed by atoms with Gasteiger partial charge in [-0.2, -0.15) is 0 Å². The molecule has 1 amide bonds. The van der Waals surface area contributed by atoms with Crippen LogP contribution in [-0.2, 0) is 11.2 Å². The van der Waals surface area contributed by atoms with E-state index >= 15 is 0 Å². The molecule has 4 heteroatoms. The van der Waals surface area contributed by atoms with Gasteiger partial charge in [-0.1, -0.05) is 18.1 Å². The maximum Gasteiger partial charge on any atom is 0.410 e. The number of amides is 1. The number of hydrogen-bond donors (Lipinski definition) is 1. The van der Waals surface area contributed by atoms with Gasteiger partial charge in [0.2, 0.25) is 0 Å². The topological polar surface area (TPSA) is 49.8 Å². The zero-order chi connectivity index (χ0) is 16.6. The fourth-order valence-electron chi connectivity index (χ4n) is 1.91. The van der Waals surface area contributed by atoms with E-state index in [0.717, 1.165) is 17.5 Å². The number of benzene rings is 1. The Hall–Kier alpha value is -1.99. The van der Waals surface area contributed by atoms with E-state index in [1.165, 1.54) is 0 Å². The Bertz CT molecular complexity index is 509. The van der Waals surface area contributed by atoms with Crippen molar-refractivity contribution in [2.24, 2.45) is 0 Å². The van der Waals surface area contributed by atoms with Crippen LogP contribution in [0.3, 0.4) is 0 Å². The maximum atomic E-state index is 12.2. The molecule has 1 rings (SSSR count). The minimum absolute atomic E-state index is 0.0518. The quantitative estimate of drug-likeness (QED) is 0.822. The van der Waals surface area contributed by atoms with Crippen LogP contribution in [0, 0.1) is 12.3 Å². The Morgan fingerprint density at radius 2 is 1.91 bits per heavy atom. The molecule has 0 fully saturated rings. The predicted octanol–water partition coefficient (Wildman–Crippen LogP) is 2.83. The number of hydrogen-bond acceptors (Lipinski definition) is 3. The molecule has 0 saturated heterocycles. The largest absolute Gasteiger partial charge is 0.444 e. The van der Waals surface area contributed by atoms with E-state index in [1.807, 2.05) is 45.0 Å². The first-order valence-corrected chi connectivity index (χ1v) is 7.50. The van der Waals surface area contributed by atoms with Crippen LogP contribution in [0.5, 0.6) is 0 Å². The number of aliphatic hydroxyl groups is 1. The zero-order valence-corrected chi connectivity index (χ0v) is 13.6. The van der Waals surface area contributed by atoms with Gasteiger partial charge in [0.1, 0.15) is 5.60 Å². The highest BCUT2D eigenvalue weighted by Crippen LogP contribution is 2.11. The molecule has 0 bridgehead atoms. The van der Waals surface area contributed by atoms with Crippen LogP contribution in [-0.4, -0.2) is 41.4 Å². The third-order valence-electron chi connectivity index (χ3n) is 3.03. The van der Waals surface area contributed by atoms with E-state index in [1.54, 1.807) is 4.90 Å². The summed E-state index contributed by atoms with van der Waals surface area (Å²) >= 11 is 0. The average molecular weight is 303 g/mol. The van der Waals surface area contributed by atoms with Gasteiger partial charge < -0.3 is 14.7 Å². The van der Waals surface area contributed by atoms with Gasteiger partial charge in [0.25, 0.3) is 0 Å². The van der Waals surface area contributed by atoms with Crippen molar-refractivity contribution < 1.29 is 14.6 Å². The highest BCUT2D eigenvalue weighted by Gasteiger charge is 2.21. The zero-order valence-electron chi connectivity index (χ0n) is 13.6. The van der Waals surface area contributed by atoms with Gasteiger partial charge in [-0.05, 0) is 51.3 Å². The van der Waals surface area contributed by atoms with Gasteiger partial charge in [-0.3, -0.25) is 0 Å². The summed E-state index contributed by atoms with van der Waals surface area (Å²) in [6, 6.07) is 7.71. The van der Waals surface area contributed by atoms with E-state index in [9.17, 15) is 4.79 Å². The molecule has 1 aromatic carbocycles.